The Labute approximate surface area is 113 Å². The van der Waals surface area contributed by atoms with E-state index in [0.29, 0.717) is 21.7 Å². The monoisotopic (exact) mass is 281 g/mol. The van der Waals surface area contributed by atoms with Crippen molar-refractivity contribution in [2.75, 3.05) is 7.11 Å². The average molecular weight is 282 g/mol. The Morgan fingerprint density at radius 1 is 1.47 bits per heavy atom. The van der Waals surface area contributed by atoms with Crippen molar-refractivity contribution < 1.29 is 9.53 Å². The van der Waals surface area contributed by atoms with Crippen LogP contribution >= 0.6 is 11.6 Å². The molecule has 0 atom stereocenters. The highest BCUT2D eigenvalue weighted by molar-refractivity contribution is 6.35. The number of nitrogens with zero attached hydrogens (tertiary/aromatic N) is 1. The highest BCUT2D eigenvalue weighted by Gasteiger charge is 2.13. The third kappa shape index (κ3) is 2.40. The molecule has 2 rings (SSSR count). The fourth-order valence-electron chi connectivity index (χ4n) is 1.88. The van der Waals surface area contributed by atoms with Gasteiger partial charge in [-0.25, -0.2) is 5.84 Å². The van der Waals surface area contributed by atoms with Crippen molar-refractivity contribution in [2.45, 2.75) is 6.54 Å². The number of fused-ring (bicyclic) bond motifs is 1. The molecule has 0 saturated carbocycles. The lowest BCUT2D eigenvalue weighted by molar-refractivity contribution is -0.121. The SMILES string of the molecule is COc1ccc(Cl)c2c(=O)ccn(CC(=O)NN)c12. The predicted octanol–water partition coefficient (Wildman–Crippen LogP) is 0.653. The molecule has 0 saturated heterocycles. The third-order valence-corrected chi connectivity index (χ3v) is 3.04. The van der Waals surface area contributed by atoms with E-state index in [1.165, 1.54) is 19.4 Å². The molecule has 100 valence electrons. The van der Waals surface area contributed by atoms with Crippen LogP contribution in [0.3, 0.4) is 0 Å². The molecule has 7 heteroatoms. The molecule has 0 radical (unpaired) electrons. The van der Waals surface area contributed by atoms with Crippen LogP contribution < -0.4 is 21.4 Å². The summed E-state index contributed by atoms with van der Waals surface area (Å²) in [5, 5.41) is 0.622. The minimum Gasteiger partial charge on any atom is -0.495 e. The van der Waals surface area contributed by atoms with Gasteiger partial charge in [0.15, 0.2) is 5.43 Å². The number of rotatable bonds is 3. The maximum atomic E-state index is 11.9. The van der Waals surface area contributed by atoms with E-state index >= 15 is 0 Å². The molecule has 0 aliphatic heterocycles. The van der Waals surface area contributed by atoms with Crippen LogP contribution in [0.1, 0.15) is 0 Å². The van der Waals surface area contributed by atoms with Crippen LogP contribution in [-0.4, -0.2) is 17.6 Å². The van der Waals surface area contributed by atoms with Crippen LogP contribution in [0, 0.1) is 0 Å². The van der Waals surface area contributed by atoms with E-state index in [1.54, 1.807) is 16.7 Å². The van der Waals surface area contributed by atoms with Crippen LogP contribution in [0.5, 0.6) is 5.75 Å². The van der Waals surface area contributed by atoms with Gasteiger partial charge in [0, 0.05) is 12.3 Å². The van der Waals surface area contributed by atoms with Crippen molar-refractivity contribution in [3.63, 3.8) is 0 Å². The highest BCUT2D eigenvalue weighted by atomic mass is 35.5. The van der Waals surface area contributed by atoms with E-state index in [2.05, 4.69) is 0 Å². The van der Waals surface area contributed by atoms with Gasteiger partial charge in [0.2, 0.25) is 0 Å². The number of hydrazine groups is 1. The van der Waals surface area contributed by atoms with Crippen LogP contribution in [0.4, 0.5) is 0 Å². The van der Waals surface area contributed by atoms with Crippen molar-refractivity contribution >= 4 is 28.4 Å². The van der Waals surface area contributed by atoms with E-state index in [-0.39, 0.29) is 12.0 Å². The quantitative estimate of drug-likeness (QED) is 0.491. The lowest BCUT2D eigenvalue weighted by atomic mass is 10.2. The van der Waals surface area contributed by atoms with Crippen LogP contribution in [0.2, 0.25) is 5.02 Å². The number of ether oxygens (including phenoxy) is 1. The van der Waals surface area contributed by atoms with Crippen molar-refractivity contribution in [1.82, 2.24) is 9.99 Å². The van der Waals surface area contributed by atoms with Gasteiger partial charge >= 0.3 is 0 Å². The number of hydrogen-bond acceptors (Lipinski definition) is 4. The number of carbonyl (C=O) groups is 1. The summed E-state index contributed by atoms with van der Waals surface area (Å²) in [6.07, 6.45) is 1.50. The number of nitrogens with one attached hydrogen (secondary N) is 1. The van der Waals surface area contributed by atoms with Crippen molar-refractivity contribution in [3.05, 3.63) is 39.6 Å². The van der Waals surface area contributed by atoms with Gasteiger partial charge < -0.3 is 9.30 Å². The summed E-state index contributed by atoms with van der Waals surface area (Å²) in [5.74, 6) is 5.13. The lowest BCUT2D eigenvalue weighted by Crippen LogP contribution is -2.33. The summed E-state index contributed by atoms with van der Waals surface area (Å²) in [5.41, 5.74) is 2.26. The van der Waals surface area contributed by atoms with Crippen LogP contribution in [0.15, 0.2) is 29.2 Å². The summed E-state index contributed by atoms with van der Waals surface area (Å²) in [4.78, 5) is 23.3. The maximum absolute atomic E-state index is 11.9. The van der Waals surface area contributed by atoms with Gasteiger partial charge in [0.25, 0.3) is 5.91 Å². The largest absolute Gasteiger partial charge is 0.495 e. The topological polar surface area (TPSA) is 86.3 Å². The summed E-state index contributed by atoms with van der Waals surface area (Å²) < 4.78 is 6.77. The van der Waals surface area contributed by atoms with Gasteiger partial charge in [-0.1, -0.05) is 11.6 Å². The first-order valence-corrected chi connectivity index (χ1v) is 5.81. The minimum atomic E-state index is -0.396. The molecular formula is C12H12ClN3O3. The number of amides is 1. The first-order chi connectivity index (χ1) is 9.08. The Hall–Kier alpha value is -2.05. The van der Waals surface area contributed by atoms with Crippen molar-refractivity contribution in [2.24, 2.45) is 5.84 Å². The molecule has 3 N–H and O–H groups in total. The van der Waals surface area contributed by atoms with Gasteiger partial charge in [-0.15, -0.1) is 0 Å². The molecule has 0 aliphatic carbocycles. The third-order valence-electron chi connectivity index (χ3n) is 2.72. The molecule has 19 heavy (non-hydrogen) atoms. The predicted molar refractivity (Wildman–Crippen MR) is 72.1 cm³/mol. The minimum absolute atomic E-state index is 0.0377. The summed E-state index contributed by atoms with van der Waals surface area (Å²) in [6, 6.07) is 4.57. The number of methoxy groups -OCH3 is 1. The van der Waals surface area contributed by atoms with E-state index in [4.69, 9.17) is 22.2 Å². The van der Waals surface area contributed by atoms with Crippen molar-refractivity contribution in [3.8, 4) is 5.75 Å². The average Bonchev–Trinajstić information content (AvgIpc) is 2.41. The molecule has 6 nitrogen and oxygen atoms in total. The second-order valence-electron chi connectivity index (χ2n) is 3.85. The van der Waals surface area contributed by atoms with E-state index in [9.17, 15) is 9.59 Å². The molecule has 0 aliphatic rings. The van der Waals surface area contributed by atoms with Gasteiger partial charge in [0.1, 0.15) is 12.3 Å². The Balaban J connectivity index is 2.78. The summed E-state index contributed by atoms with van der Waals surface area (Å²) >= 11 is 6.04. The number of hydrogen-bond donors (Lipinski definition) is 2. The Morgan fingerprint density at radius 2 is 2.21 bits per heavy atom. The number of carbonyl (C=O) groups excluding carboxylic acids is 1. The number of halogens is 1. The lowest BCUT2D eigenvalue weighted by Gasteiger charge is -2.13. The molecule has 2 aromatic rings. The highest BCUT2D eigenvalue weighted by Crippen LogP contribution is 2.28. The second kappa shape index (κ2) is 5.29. The first kappa shape index (κ1) is 13.4. The standard InChI is InChI=1S/C12H12ClN3O3/c1-19-9-3-2-7(13)11-8(17)4-5-16(12(9)11)6-10(18)15-14/h2-5H,6,14H2,1H3,(H,15,18). The maximum Gasteiger partial charge on any atom is 0.253 e. The molecule has 0 unspecified atom stereocenters. The van der Waals surface area contributed by atoms with Crippen molar-refractivity contribution in [1.29, 1.82) is 0 Å². The van der Waals surface area contributed by atoms with Gasteiger partial charge in [0.05, 0.1) is 23.0 Å². The zero-order valence-corrected chi connectivity index (χ0v) is 10.9. The Kier molecular flexibility index (Phi) is 3.73. The van der Waals surface area contributed by atoms with Gasteiger partial charge in [-0.05, 0) is 12.1 Å². The van der Waals surface area contributed by atoms with Gasteiger partial charge in [-0.3, -0.25) is 15.0 Å². The number of nitrogens with two attached hydrogens (primary N) is 1. The Bertz CT molecular complexity index is 696. The molecule has 1 amide bonds. The zero-order chi connectivity index (χ0) is 14.0. The molecule has 1 aromatic carbocycles. The summed E-state index contributed by atoms with van der Waals surface area (Å²) in [7, 11) is 1.48. The van der Waals surface area contributed by atoms with Gasteiger partial charge in [-0.2, -0.15) is 0 Å². The Morgan fingerprint density at radius 3 is 2.84 bits per heavy atom. The van der Waals surface area contributed by atoms with E-state index in [0.717, 1.165) is 0 Å². The number of benzene rings is 1. The molecule has 1 aromatic heterocycles. The molecule has 0 bridgehead atoms. The van der Waals surface area contributed by atoms with E-state index < -0.39 is 5.91 Å². The molecule has 0 fully saturated rings. The normalized spacial score (nSPS) is 10.5. The number of aromatic nitrogens is 1. The fourth-order valence-corrected chi connectivity index (χ4v) is 2.12. The second-order valence-corrected chi connectivity index (χ2v) is 4.26. The van der Waals surface area contributed by atoms with E-state index in [1.807, 2.05) is 5.43 Å². The zero-order valence-electron chi connectivity index (χ0n) is 10.1. The smallest absolute Gasteiger partial charge is 0.253 e. The summed E-state index contributed by atoms with van der Waals surface area (Å²) in [6.45, 7) is -0.0377. The molecule has 0 spiro atoms. The molecule has 1 heterocycles. The first-order valence-electron chi connectivity index (χ1n) is 5.43. The fraction of sp³-hybridized carbons (Fsp3) is 0.167. The van der Waals surface area contributed by atoms with Crippen LogP contribution in [-0.2, 0) is 11.3 Å². The van der Waals surface area contributed by atoms with Crippen LogP contribution in [0.25, 0.3) is 10.9 Å². The number of pyridine rings is 1. The molecular weight excluding hydrogens is 270 g/mol.